The van der Waals surface area contributed by atoms with Crippen LogP contribution in [0.5, 0.6) is 0 Å². The minimum absolute atomic E-state index is 0.222. The molecule has 0 aromatic heterocycles. The SMILES string of the molecule is CC1c2c(F)ccc(F)c2C[C@H]1O. The summed E-state index contributed by atoms with van der Waals surface area (Å²) in [6.45, 7) is 1.71. The fourth-order valence-electron chi connectivity index (χ4n) is 1.89. The Bertz CT molecular complexity index is 349. The van der Waals surface area contributed by atoms with Crippen molar-refractivity contribution in [1.29, 1.82) is 0 Å². The van der Waals surface area contributed by atoms with Gasteiger partial charge in [0, 0.05) is 12.3 Å². The normalized spacial score (nSPS) is 26.2. The first-order valence-electron chi connectivity index (χ1n) is 4.26. The van der Waals surface area contributed by atoms with Gasteiger partial charge in [0.25, 0.3) is 0 Å². The van der Waals surface area contributed by atoms with Crippen LogP contribution in [0.15, 0.2) is 12.1 Å². The van der Waals surface area contributed by atoms with Crippen molar-refractivity contribution >= 4 is 0 Å². The van der Waals surface area contributed by atoms with E-state index < -0.39 is 17.7 Å². The van der Waals surface area contributed by atoms with Crippen LogP contribution in [0.4, 0.5) is 8.78 Å². The largest absolute Gasteiger partial charge is 0.392 e. The monoisotopic (exact) mass is 184 g/mol. The fourth-order valence-corrected chi connectivity index (χ4v) is 1.89. The van der Waals surface area contributed by atoms with Crippen molar-refractivity contribution in [3.05, 3.63) is 34.9 Å². The number of halogens is 2. The van der Waals surface area contributed by atoms with Gasteiger partial charge in [0.05, 0.1) is 6.10 Å². The van der Waals surface area contributed by atoms with Crippen molar-refractivity contribution in [2.24, 2.45) is 0 Å². The molecular formula is C10H10F2O. The number of fused-ring (bicyclic) bond motifs is 1. The molecule has 2 rings (SSSR count). The molecule has 0 saturated heterocycles. The molecule has 0 bridgehead atoms. The van der Waals surface area contributed by atoms with Gasteiger partial charge in [0.2, 0.25) is 0 Å². The molecule has 1 aromatic rings. The Morgan fingerprint density at radius 1 is 1.31 bits per heavy atom. The van der Waals surface area contributed by atoms with Gasteiger partial charge in [-0.05, 0) is 23.3 Å². The van der Waals surface area contributed by atoms with Crippen LogP contribution in [0.3, 0.4) is 0 Å². The second-order valence-electron chi connectivity index (χ2n) is 3.48. The summed E-state index contributed by atoms with van der Waals surface area (Å²) in [6, 6.07) is 2.22. The maximum Gasteiger partial charge on any atom is 0.127 e. The quantitative estimate of drug-likeness (QED) is 0.653. The summed E-state index contributed by atoms with van der Waals surface area (Å²) >= 11 is 0. The van der Waals surface area contributed by atoms with Crippen LogP contribution in [0, 0.1) is 11.6 Å². The lowest BCUT2D eigenvalue weighted by atomic mass is 10.0. The summed E-state index contributed by atoms with van der Waals surface area (Å²) in [5.41, 5.74) is 0.674. The Morgan fingerprint density at radius 3 is 2.54 bits per heavy atom. The van der Waals surface area contributed by atoms with Gasteiger partial charge in [-0.25, -0.2) is 8.78 Å². The summed E-state index contributed by atoms with van der Waals surface area (Å²) in [6.07, 6.45) is -0.429. The highest BCUT2D eigenvalue weighted by Crippen LogP contribution is 2.36. The highest BCUT2D eigenvalue weighted by atomic mass is 19.1. The Morgan fingerprint density at radius 2 is 1.92 bits per heavy atom. The molecule has 2 atom stereocenters. The third-order valence-corrected chi connectivity index (χ3v) is 2.69. The minimum Gasteiger partial charge on any atom is -0.392 e. The van der Waals surface area contributed by atoms with E-state index in [1.54, 1.807) is 6.92 Å². The molecule has 1 nitrogen and oxygen atoms in total. The van der Waals surface area contributed by atoms with Crippen LogP contribution in [-0.2, 0) is 6.42 Å². The molecule has 0 aliphatic heterocycles. The Labute approximate surface area is 75.0 Å². The molecule has 1 aromatic carbocycles. The van der Waals surface area contributed by atoms with E-state index in [-0.39, 0.29) is 12.3 Å². The van der Waals surface area contributed by atoms with Gasteiger partial charge in [0.15, 0.2) is 0 Å². The second-order valence-corrected chi connectivity index (χ2v) is 3.48. The first-order valence-corrected chi connectivity index (χ1v) is 4.26. The van der Waals surface area contributed by atoms with Crippen molar-refractivity contribution in [2.75, 3.05) is 0 Å². The Hall–Kier alpha value is -0.960. The lowest BCUT2D eigenvalue weighted by Crippen LogP contribution is -2.09. The molecular weight excluding hydrogens is 174 g/mol. The maximum absolute atomic E-state index is 13.2. The number of hydrogen-bond acceptors (Lipinski definition) is 1. The highest BCUT2D eigenvalue weighted by Gasteiger charge is 2.32. The minimum atomic E-state index is -0.651. The van der Waals surface area contributed by atoms with Crippen molar-refractivity contribution < 1.29 is 13.9 Å². The smallest absolute Gasteiger partial charge is 0.127 e. The molecule has 1 unspecified atom stereocenters. The maximum atomic E-state index is 13.2. The predicted molar refractivity (Wildman–Crippen MR) is 44.5 cm³/mol. The van der Waals surface area contributed by atoms with E-state index >= 15 is 0 Å². The van der Waals surface area contributed by atoms with E-state index in [2.05, 4.69) is 0 Å². The molecule has 1 N–H and O–H groups in total. The lowest BCUT2D eigenvalue weighted by molar-refractivity contribution is 0.161. The van der Waals surface area contributed by atoms with E-state index in [9.17, 15) is 13.9 Å². The molecule has 0 fully saturated rings. The Kier molecular flexibility index (Phi) is 1.84. The molecule has 0 saturated carbocycles. The molecule has 70 valence electrons. The van der Waals surface area contributed by atoms with Gasteiger partial charge in [-0.1, -0.05) is 6.92 Å². The summed E-state index contributed by atoms with van der Waals surface area (Å²) in [4.78, 5) is 0. The third kappa shape index (κ3) is 1.15. The zero-order chi connectivity index (χ0) is 9.59. The van der Waals surface area contributed by atoms with Gasteiger partial charge in [-0.15, -0.1) is 0 Å². The molecule has 0 amide bonds. The third-order valence-electron chi connectivity index (χ3n) is 2.69. The van der Waals surface area contributed by atoms with Crippen LogP contribution in [-0.4, -0.2) is 11.2 Å². The first kappa shape index (κ1) is 8.63. The number of benzene rings is 1. The standard InChI is InChI=1S/C10H10F2O/c1-5-9(13)4-6-7(11)2-3-8(12)10(5)6/h2-3,5,9,13H,4H2,1H3/t5?,9-/m1/s1. The highest BCUT2D eigenvalue weighted by molar-refractivity contribution is 5.38. The van der Waals surface area contributed by atoms with Crippen LogP contribution >= 0.6 is 0 Å². The summed E-state index contributed by atoms with van der Waals surface area (Å²) in [7, 11) is 0. The average molecular weight is 184 g/mol. The van der Waals surface area contributed by atoms with Gasteiger partial charge >= 0.3 is 0 Å². The van der Waals surface area contributed by atoms with Crippen molar-refractivity contribution in [1.82, 2.24) is 0 Å². The van der Waals surface area contributed by atoms with E-state index in [4.69, 9.17) is 0 Å². The van der Waals surface area contributed by atoms with Crippen molar-refractivity contribution in [3.8, 4) is 0 Å². The lowest BCUT2D eigenvalue weighted by Gasteiger charge is -2.08. The topological polar surface area (TPSA) is 20.2 Å². The first-order chi connectivity index (χ1) is 6.11. The number of aliphatic hydroxyl groups is 1. The second kappa shape index (κ2) is 2.77. The predicted octanol–water partition coefficient (Wildman–Crippen LogP) is 1.99. The molecule has 0 heterocycles. The van der Waals surface area contributed by atoms with Crippen LogP contribution in [0.1, 0.15) is 24.0 Å². The van der Waals surface area contributed by atoms with Crippen LogP contribution < -0.4 is 0 Å². The van der Waals surface area contributed by atoms with E-state index in [0.717, 1.165) is 12.1 Å². The fraction of sp³-hybridized carbons (Fsp3) is 0.400. The summed E-state index contributed by atoms with van der Waals surface area (Å²) in [5.74, 6) is -1.13. The molecule has 0 radical (unpaired) electrons. The molecule has 1 aliphatic carbocycles. The van der Waals surface area contributed by atoms with E-state index in [0.29, 0.717) is 11.1 Å². The molecule has 0 spiro atoms. The Balaban J connectivity index is 2.61. The van der Waals surface area contributed by atoms with Crippen LogP contribution in [0.2, 0.25) is 0 Å². The molecule has 13 heavy (non-hydrogen) atoms. The average Bonchev–Trinajstić information content (AvgIpc) is 2.38. The van der Waals surface area contributed by atoms with Gasteiger partial charge in [-0.3, -0.25) is 0 Å². The van der Waals surface area contributed by atoms with Crippen molar-refractivity contribution in [3.63, 3.8) is 0 Å². The number of rotatable bonds is 0. The van der Waals surface area contributed by atoms with Crippen molar-refractivity contribution in [2.45, 2.75) is 25.4 Å². The van der Waals surface area contributed by atoms with Gasteiger partial charge < -0.3 is 5.11 Å². The zero-order valence-corrected chi connectivity index (χ0v) is 7.22. The van der Waals surface area contributed by atoms with E-state index in [1.807, 2.05) is 0 Å². The van der Waals surface area contributed by atoms with Crippen LogP contribution in [0.25, 0.3) is 0 Å². The van der Waals surface area contributed by atoms with Gasteiger partial charge in [0.1, 0.15) is 11.6 Å². The molecule has 3 heteroatoms. The molecule has 1 aliphatic rings. The summed E-state index contributed by atoms with van der Waals surface area (Å²) in [5, 5.41) is 9.43. The number of hydrogen-bond donors (Lipinski definition) is 1. The van der Waals surface area contributed by atoms with Gasteiger partial charge in [-0.2, -0.15) is 0 Å². The summed E-state index contributed by atoms with van der Waals surface area (Å²) < 4.78 is 26.4. The van der Waals surface area contributed by atoms with E-state index in [1.165, 1.54) is 0 Å². The zero-order valence-electron chi connectivity index (χ0n) is 7.22. The number of aliphatic hydroxyl groups excluding tert-OH is 1.